The van der Waals surface area contributed by atoms with Crippen LogP contribution in [0.4, 0.5) is 0 Å². The molecular formula is C16H20N2O. The second-order valence-corrected chi connectivity index (χ2v) is 5.17. The molecule has 1 aromatic carbocycles. The van der Waals surface area contributed by atoms with Gasteiger partial charge in [-0.25, -0.2) is 4.68 Å². The fraction of sp³-hybridized carbons (Fsp3) is 0.438. The van der Waals surface area contributed by atoms with Gasteiger partial charge in [0.1, 0.15) is 0 Å². The normalized spacial score (nSPS) is 19.7. The topological polar surface area (TPSA) is 27.1 Å². The minimum atomic E-state index is 0.0941. The average Bonchev–Trinajstić information content (AvgIpc) is 2.81. The van der Waals surface area contributed by atoms with Crippen molar-refractivity contribution in [3.8, 4) is 0 Å². The first kappa shape index (κ1) is 12.4. The first-order valence-electron chi connectivity index (χ1n) is 7.00. The van der Waals surface area contributed by atoms with Crippen LogP contribution in [-0.4, -0.2) is 16.4 Å². The van der Waals surface area contributed by atoms with Gasteiger partial charge in [-0.05, 0) is 37.8 Å². The largest absolute Gasteiger partial charge is 0.356 e. The quantitative estimate of drug-likeness (QED) is 0.782. The van der Waals surface area contributed by atoms with E-state index in [2.05, 4.69) is 36.4 Å². The predicted molar refractivity (Wildman–Crippen MR) is 77.2 cm³/mol. The zero-order valence-electron chi connectivity index (χ0n) is 11.4. The SMILES string of the molecule is C=CCc1nn(C2CCCCO2)c2cccc(C)c12. The minimum Gasteiger partial charge on any atom is -0.356 e. The van der Waals surface area contributed by atoms with Crippen molar-refractivity contribution in [2.75, 3.05) is 6.61 Å². The molecule has 1 fully saturated rings. The number of fused-ring (bicyclic) bond motifs is 1. The van der Waals surface area contributed by atoms with Gasteiger partial charge in [0.15, 0.2) is 6.23 Å². The molecule has 1 saturated heterocycles. The van der Waals surface area contributed by atoms with Gasteiger partial charge in [-0.1, -0.05) is 18.2 Å². The lowest BCUT2D eigenvalue weighted by Gasteiger charge is -2.23. The van der Waals surface area contributed by atoms with Crippen molar-refractivity contribution in [1.82, 2.24) is 9.78 Å². The van der Waals surface area contributed by atoms with Gasteiger partial charge in [-0.2, -0.15) is 5.10 Å². The van der Waals surface area contributed by atoms with Gasteiger partial charge in [0, 0.05) is 18.4 Å². The Balaban J connectivity index is 2.13. The number of aromatic nitrogens is 2. The van der Waals surface area contributed by atoms with Crippen LogP contribution in [-0.2, 0) is 11.2 Å². The molecule has 0 radical (unpaired) electrons. The molecule has 0 aliphatic carbocycles. The fourth-order valence-corrected chi connectivity index (χ4v) is 2.87. The Hall–Kier alpha value is -1.61. The lowest BCUT2D eigenvalue weighted by atomic mass is 10.1. The molecule has 100 valence electrons. The fourth-order valence-electron chi connectivity index (χ4n) is 2.87. The highest BCUT2D eigenvalue weighted by atomic mass is 16.5. The number of hydrogen-bond acceptors (Lipinski definition) is 2. The standard InChI is InChI=1S/C16H20N2O/c1-3-7-13-16-12(2)8-6-9-14(16)18(17-13)15-10-4-5-11-19-15/h3,6,8-9,15H,1,4-5,7,10-11H2,2H3. The molecule has 0 saturated carbocycles. The molecule has 1 atom stereocenters. The van der Waals surface area contributed by atoms with Crippen molar-refractivity contribution in [3.05, 3.63) is 42.1 Å². The van der Waals surface area contributed by atoms with Crippen LogP contribution in [0, 0.1) is 6.92 Å². The summed E-state index contributed by atoms with van der Waals surface area (Å²) in [4.78, 5) is 0. The van der Waals surface area contributed by atoms with Crippen LogP contribution in [0.5, 0.6) is 0 Å². The molecule has 3 heteroatoms. The molecular weight excluding hydrogens is 236 g/mol. The van der Waals surface area contributed by atoms with Crippen LogP contribution >= 0.6 is 0 Å². The molecule has 3 rings (SSSR count). The van der Waals surface area contributed by atoms with Gasteiger partial charge < -0.3 is 4.74 Å². The Morgan fingerprint density at radius 3 is 3.11 bits per heavy atom. The van der Waals surface area contributed by atoms with E-state index in [1.165, 1.54) is 22.9 Å². The second-order valence-electron chi connectivity index (χ2n) is 5.17. The van der Waals surface area contributed by atoms with Gasteiger partial charge in [-0.15, -0.1) is 6.58 Å². The maximum atomic E-state index is 5.88. The Labute approximate surface area is 113 Å². The van der Waals surface area contributed by atoms with E-state index in [1.54, 1.807) is 0 Å². The number of aryl methyl sites for hydroxylation is 1. The Morgan fingerprint density at radius 2 is 2.37 bits per heavy atom. The second kappa shape index (κ2) is 5.17. The maximum absolute atomic E-state index is 5.88. The molecule has 2 heterocycles. The molecule has 0 bridgehead atoms. The summed E-state index contributed by atoms with van der Waals surface area (Å²) in [6.45, 7) is 6.82. The van der Waals surface area contributed by atoms with E-state index in [4.69, 9.17) is 9.84 Å². The minimum absolute atomic E-state index is 0.0941. The molecule has 19 heavy (non-hydrogen) atoms. The summed E-state index contributed by atoms with van der Waals surface area (Å²) < 4.78 is 7.95. The van der Waals surface area contributed by atoms with E-state index >= 15 is 0 Å². The molecule has 1 unspecified atom stereocenters. The summed E-state index contributed by atoms with van der Waals surface area (Å²) in [6, 6.07) is 6.37. The van der Waals surface area contributed by atoms with E-state index in [9.17, 15) is 0 Å². The summed E-state index contributed by atoms with van der Waals surface area (Å²) in [6.07, 6.45) is 6.25. The van der Waals surface area contributed by atoms with E-state index < -0.39 is 0 Å². The monoisotopic (exact) mass is 256 g/mol. The number of ether oxygens (including phenoxy) is 1. The average molecular weight is 256 g/mol. The number of nitrogens with zero attached hydrogens (tertiary/aromatic N) is 2. The molecule has 0 spiro atoms. The van der Waals surface area contributed by atoms with Gasteiger partial charge in [0.25, 0.3) is 0 Å². The lowest BCUT2D eigenvalue weighted by Crippen LogP contribution is -2.19. The zero-order valence-corrected chi connectivity index (χ0v) is 11.4. The highest BCUT2D eigenvalue weighted by Crippen LogP contribution is 2.29. The predicted octanol–water partition coefficient (Wildman–Crippen LogP) is 3.77. The summed E-state index contributed by atoms with van der Waals surface area (Å²) >= 11 is 0. The number of allylic oxidation sites excluding steroid dienone is 1. The van der Waals surface area contributed by atoms with E-state index in [1.807, 2.05) is 6.08 Å². The van der Waals surface area contributed by atoms with Crippen LogP contribution in [0.3, 0.4) is 0 Å². The molecule has 0 N–H and O–H groups in total. The number of rotatable bonds is 3. The smallest absolute Gasteiger partial charge is 0.150 e. The first-order valence-corrected chi connectivity index (χ1v) is 7.00. The molecule has 2 aromatic rings. The highest BCUT2D eigenvalue weighted by Gasteiger charge is 2.21. The van der Waals surface area contributed by atoms with E-state index in [-0.39, 0.29) is 6.23 Å². The van der Waals surface area contributed by atoms with Gasteiger partial charge >= 0.3 is 0 Å². The van der Waals surface area contributed by atoms with Crippen molar-refractivity contribution < 1.29 is 4.74 Å². The Bertz CT molecular complexity index is 594. The number of hydrogen-bond donors (Lipinski definition) is 0. The Morgan fingerprint density at radius 1 is 1.47 bits per heavy atom. The van der Waals surface area contributed by atoms with Crippen LogP contribution in [0.1, 0.15) is 36.7 Å². The van der Waals surface area contributed by atoms with Gasteiger partial charge in [-0.3, -0.25) is 0 Å². The molecule has 3 nitrogen and oxygen atoms in total. The maximum Gasteiger partial charge on any atom is 0.150 e. The molecule has 1 aromatic heterocycles. The molecule has 0 amide bonds. The van der Waals surface area contributed by atoms with Crippen LogP contribution in [0.25, 0.3) is 10.9 Å². The summed E-state index contributed by atoms with van der Waals surface area (Å²) in [7, 11) is 0. The first-order chi connectivity index (χ1) is 9.31. The third-order valence-electron chi connectivity index (χ3n) is 3.78. The van der Waals surface area contributed by atoms with E-state index in [0.29, 0.717) is 0 Å². The van der Waals surface area contributed by atoms with Crippen molar-refractivity contribution in [2.24, 2.45) is 0 Å². The summed E-state index contributed by atoms with van der Waals surface area (Å²) in [5.41, 5.74) is 3.57. The summed E-state index contributed by atoms with van der Waals surface area (Å²) in [5.74, 6) is 0. The molecule has 1 aliphatic heterocycles. The van der Waals surface area contributed by atoms with Crippen LogP contribution in [0.2, 0.25) is 0 Å². The zero-order chi connectivity index (χ0) is 13.2. The lowest BCUT2D eigenvalue weighted by molar-refractivity contribution is -0.0368. The van der Waals surface area contributed by atoms with Crippen molar-refractivity contribution >= 4 is 10.9 Å². The third-order valence-corrected chi connectivity index (χ3v) is 3.78. The van der Waals surface area contributed by atoms with Gasteiger partial charge in [0.05, 0.1) is 11.2 Å². The number of benzene rings is 1. The summed E-state index contributed by atoms with van der Waals surface area (Å²) in [5, 5.41) is 6.04. The van der Waals surface area contributed by atoms with Gasteiger partial charge in [0.2, 0.25) is 0 Å². The van der Waals surface area contributed by atoms with Crippen molar-refractivity contribution in [2.45, 2.75) is 38.8 Å². The van der Waals surface area contributed by atoms with E-state index in [0.717, 1.165) is 31.6 Å². The van der Waals surface area contributed by atoms with Crippen molar-refractivity contribution in [3.63, 3.8) is 0 Å². The van der Waals surface area contributed by atoms with Crippen LogP contribution in [0.15, 0.2) is 30.9 Å². The van der Waals surface area contributed by atoms with Crippen LogP contribution < -0.4 is 0 Å². The molecule has 1 aliphatic rings. The Kier molecular flexibility index (Phi) is 3.38. The third kappa shape index (κ3) is 2.19. The highest BCUT2D eigenvalue weighted by molar-refractivity contribution is 5.85. The van der Waals surface area contributed by atoms with Crippen molar-refractivity contribution in [1.29, 1.82) is 0 Å².